The first-order valence-electron chi connectivity index (χ1n) is 8.73. The van der Waals surface area contributed by atoms with Gasteiger partial charge < -0.3 is 43.0 Å². The summed E-state index contributed by atoms with van der Waals surface area (Å²) in [5.74, 6) is 0. The van der Waals surface area contributed by atoms with Crippen LogP contribution >= 0.6 is 0 Å². The van der Waals surface area contributed by atoms with Gasteiger partial charge in [-0.1, -0.05) is 0 Å². The average molecular weight is 380 g/mol. The van der Waals surface area contributed by atoms with Crippen molar-refractivity contribution in [3.05, 3.63) is 0 Å². The van der Waals surface area contributed by atoms with Gasteiger partial charge >= 0.3 is 0 Å². The van der Waals surface area contributed by atoms with Gasteiger partial charge in [0.2, 0.25) is 0 Å². The van der Waals surface area contributed by atoms with Crippen LogP contribution in [0.25, 0.3) is 0 Å². The zero-order chi connectivity index (χ0) is 19.3. The molecule has 2 heterocycles. The molecule has 1 N–H and O–H groups in total. The molecule has 2 saturated heterocycles. The predicted molar refractivity (Wildman–Crippen MR) is 90.0 cm³/mol. The minimum Gasteiger partial charge on any atom is -0.394 e. The Bertz CT molecular complexity index is 410. The van der Waals surface area contributed by atoms with Crippen LogP contribution < -0.4 is 0 Å². The van der Waals surface area contributed by atoms with Gasteiger partial charge in [-0.2, -0.15) is 0 Å². The van der Waals surface area contributed by atoms with Crippen molar-refractivity contribution in [3.63, 3.8) is 0 Å². The summed E-state index contributed by atoms with van der Waals surface area (Å²) in [4.78, 5) is 0. The maximum atomic E-state index is 9.69. The molecule has 9 atom stereocenters. The molecule has 0 aromatic heterocycles. The van der Waals surface area contributed by atoms with Crippen molar-refractivity contribution in [3.8, 4) is 0 Å². The van der Waals surface area contributed by atoms with Crippen molar-refractivity contribution in [1.29, 1.82) is 0 Å². The summed E-state index contributed by atoms with van der Waals surface area (Å²) >= 11 is 0. The lowest BCUT2D eigenvalue weighted by Gasteiger charge is -2.47. The minimum atomic E-state index is -0.794. The van der Waals surface area contributed by atoms with E-state index in [4.69, 9.17) is 37.9 Å². The number of aliphatic hydroxyl groups excluding tert-OH is 1. The highest BCUT2D eigenvalue weighted by Crippen LogP contribution is 2.31. The molecular weight excluding hydrogens is 348 g/mol. The van der Waals surface area contributed by atoms with E-state index in [1.165, 1.54) is 7.11 Å². The lowest BCUT2D eigenvalue weighted by Crippen LogP contribution is -2.64. The normalized spacial score (nSPS) is 44.2. The van der Waals surface area contributed by atoms with E-state index in [9.17, 15) is 5.11 Å². The van der Waals surface area contributed by atoms with Gasteiger partial charge in [-0.15, -0.1) is 0 Å². The fraction of sp³-hybridized carbons (Fsp3) is 1.00. The van der Waals surface area contributed by atoms with Gasteiger partial charge in [-0.25, -0.2) is 0 Å². The van der Waals surface area contributed by atoms with Crippen molar-refractivity contribution < 1.29 is 43.0 Å². The molecule has 0 aromatic carbocycles. The molecule has 2 rings (SSSR count). The van der Waals surface area contributed by atoms with Crippen LogP contribution in [0.4, 0.5) is 0 Å². The fourth-order valence-corrected chi connectivity index (χ4v) is 3.68. The van der Waals surface area contributed by atoms with Crippen molar-refractivity contribution in [2.75, 3.05) is 48.8 Å². The second-order valence-electron chi connectivity index (χ2n) is 6.44. The number of aliphatic hydroxyl groups is 1. The maximum absolute atomic E-state index is 9.69. The lowest BCUT2D eigenvalue weighted by molar-refractivity contribution is -0.343. The summed E-state index contributed by atoms with van der Waals surface area (Å²) in [7, 11) is 7.86. The second-order valence-corrected chi connectivity index (χ2v) is 6.44. The molecule has 26 heavy (non-hydrogen) atoms. The minimum absolute atomic E-state index is 0.235. The van der Waals surface area contributed by atoms with Crippen LogP contribution in [0.2, 0.25) is 0 Å². The molecule has 0 aromatic rings. The third-order valence-corrected chi connectivity index (χ3v) is 5.13. The number of hydrogen-bond acceptors (Lipinski definition) is 9. The second kappa shape index (κ2) is 10.3. The average Bonchev–Trinajstić information content (AvgIpc) is 2.67. The summed E-state index contributed by atoms with van der Waals surface area (Å²) in [6.45, 7) is 2.09. The Morgan fingerprint density at radius 1 is 0.808 bits per heavy atom. The number of ether oxygens (including phenoxy) is 8. The quantitative estimate of drug-likeness (QED) is 0.603. The molecule has 0 spiro atoms. The van der Waals surface area contributed by atoms with Crippen LogP contribution in [0.1, 0.15) is 6.92 Å². The Hall–Kier alpha value is -0.360. The first-order chi connectivity index (χ1) is 12.6. The molecule has 2 aliphatic rings. The molecule has 154 valence electrons. The molecule has 9 nitrogen and oxygen atoms in total. The van der Waals surface area contributed by atoms with Crippen LogP contribution in [0.15, 0.2) is 0 Å². The molecule has 2 fully saturated rings. The Morgan fingerprint density at radius 2 is 1.42 bits per heavy atom. The van der Waals surface area contributed by atoms with Gasteiger partial charge in [0.1, 0.15) is 42.7 Å². The third kappa shape index (κ3) is 4.37. The highest BCUT2D eigenvalue weighted by molar-refractivity contribution is 4.94. The van der Waals surface area contributed by atoms with E-state index < -0.39 is 36.8 Å². The van der Waals surface area contributed by atoms with E-state index in [0.717, 1.165) is 0 Å². The van der Waals surface area contributed by atoms with Crippen LogP contribution in [0.5, 0.6) is 0 Å². The highest BCUT2D eigenvalue weighted by Gasteiger charge is 2.50. The summed E-state index contributed by atoms with van der Waals surface area (Å²) in [6.07, 6.45) is -4.19. The summed E-state index contributed by atoms with van der Waals surface area (Å²) in [5.41, 5.74) is 0. The molecule has 0 radical (unpaired) electrons. The Balaban J connectivity index is 2.21. The van der Waals surface area contributed by atoms with E-state index in [2.05, 4.69) is 0 Å². The van der Waals surface area contributed by atoms with Gasteiger partial charge in [0.25, 0.3) is 0 Å². The Kier molecular flexibility index (Phi) is 8.65. The van der Waals surface area contributed by atoms with Gasteiger partial charge in [-0.3, -0.25) is 0 Å². The Morgan fingerprint density at radius 3 is 1.92 bits per heavy atom. The van der Waals surface area contributed by atoms with E-state index in [1.54, 1.807) is 28.4 Å². The van der Waals surface area contributed by atoms with Gasteiger partial charge in [0, 0.05) is 35.5 Å². The lowest BCUT2D eigenvalue weighted by atomic mass is 9.97. The van der Waals surface area contributed by atoms with E-state index >= 15 is 0 Å². The monoisotopic (exact) mass is 380 g/mol. The number of rotatable bonds is 8. The SMILES string of the molecule is COC1COC(C)[C@H](O[C@@H]2OC(CO)[C@@H](OC)C(OC)C2OC)C1OC. The summed E-state index contributed by atoms with van der Waals surface area (Å²) in [5, 5.41) is 9.69. The molecule has 2 aliphatic heterocycles. The third-order valence-electron chi connectivity index (χ3n) is 5.13. The van der Waals surface area contributed by atoms with E-state index in [1.807, 2.05) is 6.92 Å². The van der Waals surface area contributed by atoms with Crippen LogP contribution in [0.3, 0.4) is 0 Å². The molecule has 9 heteroatoms. The highest BCUT2D eigenvalue weighted by atomic mass is 16.7. The smallest absolute Gasteiger partial charge is 0.187 e. The molecule has 0 saturated carbocycles. The van der Waals surface area contributed by atoms with Crippen molar-refractivity contribution >= 4 is 0 Å². The first-order valence-corrected chi connectivity index (χ1v) is 8.73. The van der Waals surface area contributed by atoms with Crippen molar-refractivity contribution in [2.24, 2.45) is 0 Å². The molecule has 0 amide bonds. The predicted octanol–water partition coefficient (Wildman–Crippen LogP) is -0.417. The zero-order valence-corrected chi connectivity index (χ0v) is 16.3. The number of methoxy groups -OCH3 is 5. The van der Waals surface area contributed by atoms with E-state index in [0.29, 0.717) is 6.61 Å². The van der Waals surface area contributed by atoms with Gasteiger partial charge in [-0.05, 0) is 6.92 Å². The largest absolute Gasteiger partial charge is 0.394 e. The zero-order valence-electron chi connectivity index (χ0n) is 16.3. The van der Waals surface area contributed by atoms with Crippen molar-refractivity contribution in [2.45, 2.75) is 62.0 Å². The van der Waals surface area contributed by atoms with Gasteiger partial charge in [0.05, 0.1) is 19.3 Å². The van der Waals surface area contributed by atoms with Crippen LogP contribution in [-0.4, -0.2) is 109 Å². The van der Waals surface area contributed by atoms with Crippen molar-refractivity contribution in [1.82, 2.24) is 0 Å². The molecule has 0 bridgehead atoms. The molecule has 6 unspecified atom stereocenters. The van der Waals surface area contributed by atoms with Crippen LogP contribution in [0, 0.1) is 0 Å². The summed E-state index contributed by atoms with van der Waals surface area (Å²) in [6, 6.07) is 0. The van der Waals surface area contributed by atoms with Crippen LogP contribution in [-0.2, 0) is 37.9 Å². The maximum Gasteiger partial charge on any atom is 0.187 e. The molecule has 0 aliphatic carbocycles. The standard InChI is InChI=1S/C17H32O9/c1-9-12(14(21-4)11(19-2)8-24-9)26-17-16(23-6)15(22-5)13(20-3)10(7-18)25-17/h9-18H,7-8H2,1-6H3/t9?,10?,11?,12-,13+,14?,15?,16?,17-/m0/s1. The topological polar surface area (TPSA) is 94.1 Å². The first kappa shape index (κ1) is 21.9. The van der Waals surface area contributed by atoms with Gasteiger partial charge in [0.15, 0.2) is 6.29 Å². The number of hydrogen-bond donors (Lipinski definition) is 1. The fourth-order valence-electron chi connectivity index (χ4n) is 3.68. The molecular formula is C17H32O9. The summed E-state index contributed by atoms with van der Waals surface area (Å²) < 4.78 is 45.6. The van der Waals surface area contributed by atoms with E-state index in [-0.39, 0.29) is 24.9 Å². The Labute approximate surface area is 154 Å².